The minimum Gasteiger partial charge on any atom is -0.425 e. The van der Waals surface area contributed by atoms with E-state index < -0.39 is 5.41 Å². The minimum atomic E-state index is -0.825. The molecule has 0 N–H and O–H groups in total. The van der Waals surface area contributed by atoms with E-state index in [2.05, 4.69) is 46.8 Å². The molecule has 4 heteroatoms. The second-order valence-electron chi connectivity index (χ2n) is 10.6. The molecular weight excluding hydrogens is 408 g/mol. The molecule has 2 aliphatic carbocycles. The lowest BCUT2D eigenvalue weighted by Crippen LogP contribution is -2.48. The van der Waals surface area contributed by atoms with Crippen molar-refractivity contribution in [2.75, 3.05) is 0 Å². The number of benzene rings is 3. The first kappa shape index (κ1) is 20.3. The molecule has 2 aliphatic rings. The van der Waals surface area contributed by atoms with Gasteiger partial charge in [0.05, 0.1) is 22.4 Å². The molecule has 4 aromatic rings. The summed E-state index contributed by atoms with van der Waals surface area (Å²) in [5, 5.41) is 2.00. The van der Waals surface area contributed by atoms with E-state index >= 15 is 0 Å². The molecule has 33 heavy (non-hydrogen) atoms. The quantitative estimate of drug-likeness (QED) is 0.272. The van der Waals surface area contributed by atoms with Gasteiger partial charge in [-0.1, -0.05) is 57.2 Å². The van der Waals surface area contributed by atoms with Crippen LogP contribution in [0.25, 0.3) is 21.8 Å². The Morgan fingerprint density at radius 3 is 2.21 bits per heavy atom. The number of aromatic nitrogens is 2. The van der Waals surface area contributed by atoms with E-state index in [1.54, 1.807) is 0 Å². The smallest absolute Gasteiger partial charge is 0.324 e. The van der Waals surface area contributed by atoms with Crippen molar-refractivity contribution >= 4 is 27.8 Å². The normalized spacial score (nSPS) is 24.9. The van der Waals surface area contributed by atoms with Gasteiger partial charge in [0.15, 0.2) is 0 Å². The summed E-state index contributed by atoms with van der Waals surface area (Å²) in [5.74, 6) is 0.384. The van der Waals surface area contributed by atoms with Crippen LogP contribution in [0.4, 0.5) is 0 Å². The van der Waals surface area contributed by atoms with Gasteiger partial charge in [0, 0.05) is 10.8 Å². The fourth-order valence-corrected chi connectivity index (χ4v) is 6.28. The van der Waals surface area contributed by atoms with Gasteiger partial charge in [0.2, 0.25) is 0 Å². The summed E-state index contributed by atoms with van der Waals surface area (Å²) in [5.41, 5.74) is 4.47. The van der Waals surface area contributed by atoms with Crippen molar-refractivity contribution in [2.45, 2.75) is 58.3 Å². The summed E-state index contributed by atoms with van der Waals surface area (Å²) in [7, 11) is 0. The third-order valence-corrected chi connectivity index (χ3v) is 8.95. The average Bonchev–Trinajstić information content (AvgIpc) is 3.08. The Morgan fingerprint density at radius 2 is 1.48 bits per heavy atom. The number of esters is 1. The van der Waals surface area contributed by atoms with Crippen LogP contribution >= 0.6 is 0 Å². The Hall–Kier alpha value is -3.27. The molecule has 3 aromatic carbocycles. The molecule has 2 unspecified atom stereocenters. The third kappa shape index (κ3) is 2.39. The second kappa shape index (κ2) is 6.40. The van der Waals surface area contributed by atoms with Gasteiger partial charge < -0.3 is 4.74 Å². The molecular formula is C29H28N2O2. The zero-order valence-corrected chi connectivity index (χ0v) is 19.8. The largest absolute Gasteiger partial charge is 0.425 e. The van der Waals surface area contributed by atoms with E-state index in [0.29, 0.717) is 5.75 Å². The monoisotopic (exact) mass is 436 g/mol. The highest BCUT2D eigenvalue weighted by atomic mass is 16.5. The Morgan fingerprint density at radius 1 is 0.848 bits per heavy atom. The SMILES string of the molecule is Cc1cc2nc3c(nc2cc1C)C1(C(=O)Oc2cccc4ccccc24)CCC3(C)C1(C)C. The average molecular weight is 437 g/mol. The van der Waals surface area contributed by atoms with Gasteiger partial charge in [-0.15, -0.1) is 0 Å². The first-order valence-electron chi connectivity index (χ1n) is 11.7. The van der Waals surface area contributed by atoms with Crippen LogP contribution in [-0.2, 0) is 15.6 Å². The van der Waals surface area contributed by atoms with Gasteiger partial charge in [-0.25, -0.2) is 9.97 Å². The molecule has 2 bridgehead atoms. The van der Waals surface area contributed by atoms with Crippen LogP contribution in [0.1, 0.15) is 56.1 Å². The molecule has 0 saturated heterocycles. The molecule has 0 aliphatic heterocycles. The molecule has 0 spiro atoms. The lowest BCUT2D eigenvalue weighted by molar-refractivity contribution is -0.145. The number of carbonyl (C=O) groups is 1. The Kier molecular flexibility index (Phi) is 3.95. The molecule has 2 atom stereocenters. The highest BCUT2D eigenvalue weighted by Crippen LogP contribution is 2.70. The van der Waals surface area contributed by atoms with Crippen LogP contribution in [0.15, 0.2) is 54.6 Å². The molecule has 1 aromatic heterocycles. The Balaban J connectivity index is 1.55. The molecule has 6 rings (SSSR count). The minimum absolute atomic E-state index is 0.219. The van der Waals surface area contributed by atoms with E-state index in [-0.39, 0.29) is 16.8 Å². The molecule has 0 amide bonds. The van der Waals surface area contributed by atoms with Crippen LogP contribution < -0.4 is 4.74 Å². The Bertz CT molecular complexity index is 1480. The van der Waals surface area contributed by atoms with Gasteiger partial charge in [0.1, 0.15) is 11.2 Å². The lowest BCUT2D eigenvalue weighted by Gasteiger charge is -2.38. The van der Waals surface area contributed by atoms with Gasteiger partial charge >= 0.3 is 5.97 Å². The standard InChI is InChI=1S/C29H28N2O2/c1-17-15-21-22(16-18(17)2)31-25-24(30-21)28(5)13-14-29(25,27(28,3)4)26(32)33-23-12-8-10-19-9-6-7-11-20(19)23/h6-12,15-16H,13-14H2,1-5H3. The van der Waals surface area contributed by atoms with E-state index in [1.807, 2.05) is 42.5 Å². The number of nitrogens with zero attached hydrogens (tertiary/aromatic N) is 2. The maximum atomic E-state index is 14.1. The van der Waals surface area contributed by atoms with E-state index in [4.69, 9.17) is 14.7 Å². The highest BCUT2D eigenvalue weighted by Gasteiger charge is 2.74. The first-order chi connectivity index (χ1) is 15.7. The van der Waals surface area contributed by atoms with Gasteiger partial charge in [-0.3, -0.25) is 4.79 Å². The van der Waals surface area contributed by atoms with Crippen molar-refractivity contribution in [3.8, 4) is 5.75 Å². The number of fused-ring (bicyclic) bond motifs is 7. The maximum Gasteiger partial charge on any atom is 0.324 e. The van der Waals surface area contributed by atoms with Gasteiger partial charge in [0.25, 0.3) is 0 Å². The van der Waals surface area contributed by atoms with Gasteiger partial charge in [-0.2, -0.15) is 0 Å². The van der Waals surface area contributed by atoms with Crippen LogP contribution in [0.2, 0.25) is 0 Å². The van der Waals surface area contributed by atoms with Crippen LogP contribution in [0.3, 0.4) is 0 Å². The molecule has 166 valence electrons. The molecule has 4 nitrogen and oxygen atoms in total. The number of rotatable bonds is 2. The topological polar surface area (TPSA) is 52.1 Å². The molecule has 1 heterocycles. The van der Waals surface area contributed by atoms with E-state index in [0.717, 1.165) is 46.0 Å². The summed E-state index contributed by atoms with van der Waals surface area (Å²) in [6.45, 7) is 10.8. The molecule has 1 fully saturated rings. The predicted octanol–water partition coefficient (Wildman–Crippen LogP) is 6.33. The summed E-state index contributed by atoms with van der Waals surface area (Å²) in [6, 6.07) is 18.1. The summed E-state index contributed by atoms with van der Waals surface area (Å²) in [6.07, 6.45) is 1.61. The predicted molar refractivity (Wildman–Crippen MR) is 131 cm³/mol. The molecule has 0 radical (unpaired) electrons. The van der Waals surface area contributed by atoms with E-state index in [9.17, 15) is 4.79 Å². The lowest BCUT2D eigenvalue weighted by atomic mass is 9.64. The van der Waals surface area contributed by atoms with Crippen molar-refractivity contribution in [1.29, 1.82) is 0 Å². The summed E-state index contributed by atoms with van der Waals surface area (Å²) in [4.78, 5) is 24.4. The highest BCUT2D eigenvalue weighted by molar-refractivity contribution is 5.95. The number of hydrogen-bond donors (Lipinski definition) is 0. The van der Waals surface area contributed by atoms with E-state index in [1.165, 1.54) is 11.1 Å². The second-order valence-corrected chi connectivity index (χ2v) is 10.6. The zero-order valence-electron chi connectivity index (χ0n) is 19.8. The van der Waals surface area contributed by atoms with Crippen molar-refractivity contribution < 1.29 is 9.53 Å². The van der Waals surface area contributed by atoms with Crippen molar-refractivity contribution in [3.63, 3.8) is 0 Å². The zero-order chi connectivity index (χ0) is 23.2. The third-order valence-electron chi connectivity index (χ3n) is 8.95. The van der Waals surface area contributed by atoms with Gasteiger partial charge in [-0.05, 0) is 66.8 Å². The van der Waals surface area contributed by atoms with Crippen molar-refractivity contribution in [3.05, 3.63) is 77.1 Å². The maximum absolute atomic E-state index is 14.1. The van der Waals surface area contributed by atoms with Crippen molar-refractivity contribution in [1.82, 2.24) is 9.97 Å². The Labute approximate surface area is 194 Å². The first-order valence-corrected chi connectivity index (χ1v) is 11.7. The van der Waals surface area contributed by atoms with Crippen LogP contribution in [0, 0.1) is 19.3 Å². The van der Waals surface area contributed by atoms with Crippen LogP contribution in [0.5, 0.6) is 5.75 Å². The van der Waals surface area contributed by atoms with Crippen LogP contribution in [-0.4, -0.2) is 15.9 Å². The number of hydrogen-bond acceptors (Lipinski definition) is 4. The summed E-state index contributed by atoms with van der Waals surface area (Å²) < 4.78 is 6.22. The van der Waals surface area contributed by atoms with Crippen molar-refractivity contribution in [2.24, 2.45) is 5.41 Å². The number of ether oxygens (including phenoxy) is 1. The fourth-order valence-electron chi connectivity index (χ4n) is 6.28. The number of carbonyl (C=O) groups excluding carboxylic acids is 1. The molecule has 1 saturated carbocycles. The fraction of sp³-hybridized carbons (Fsp3) is 0.345. The number of aryl methyl sites for hydroxylation is 2. The summed E-state index contributed by atoms with van der Waals surface area (Å²) >= 11 is 0.